The van der Waals surface area contributed by atoms with Crippen LogP contribution in [0.1, 0.15) is 26.7 Å². The van der Waals surface area contributed by atoms with Crippen LogP contribution in [-0.2, 0) is 19.1 Å². The minimum Gasteiger partial charge on any atom is -0.482 e. The number of hydrogen-bond acceptors (Lipinski definition) is 7. The van der Waals surface area contributed by atoms with Crippen molar-refractivity contribution in [3.8, 4) is 5.75 Å². The highest BCUT2D eigenvalue weighted by Gasteiger charge is 2.43. The van der Waals surface area contributed by atoms with Gasteiger partial charge in [0.15, 0.2) is 6.61 Å². The largest absolute Gasteiger partial charge is 0.482 e. The van der Waals surface area contributed by atoms with Gasteiger partial charge in [0.25, 0.3) is 0 Å². The molecule has 0 spiro atoms. The van der Waals surface area contributed by atoms with Crippen molar-refractivity contribution in [2.24, 2.45) is 0 Å². The molecule has 0 amide bonds. The van der Waals surface area contributed by atoms with Crippen LogP contribution in [0.5, 0.6) is 5.75 Å². The molecule has 144 valence electrons. The summed E-state index contributed by atoms with van der Waals surface area (Å²) in [6, 6.07) is 7.33. The number of nitrogens with zero attached hydrogens (tertiary/aromatic N) is 1. The number of carbonyl (C=O) groups is 2. The maximum atomic E-state index is 12.7. The van der Waals surface area contributed by atoms with Gasteiger partial charge in [-0.3, -0.25) is 0 Å². The molecule has 1 aliphatic rings. The van der Waals surface area contributed by atoms with E-state index < -0.39 is 11.5 Å². The zero-order chi connectivity index (χ0) is 19.0. The molecular formula is C19H28N2O5. The van der Waals surface area contributed by atoms with Crippen molar-refractivity contribution < 1.29 is 23.8 Å². The number of rotatable bonds is 8. The SMILES string of the molecule is CCCCOC(=O)C1(C)CNCCN1c1ccc(OCC(=O)OC)cc1. The third-order valence-electron chi connectivity index (χ3n) is 4.48. The van der Waals surface area contributed by atoms with E-state index >= 15 is 0 Å². The molecular weight excluding hydrogens is 336 g/mol. The van der Waals surface area contributed by atoms with Gasteiger partial charge in [-0.1, -0.05) is 13.3 Å². The van der Waals surface area contributed by atoms with Crippen LogP contribution >= 0.6 is 0 Å². The summed E-state index contributed by atoms with van der Waals surface area (Å²) in [7, 11) is 1.32. The molecule has 1 aromatic rings. The molecule has 1 aliphatic heterocycles. The van der Waals surface area contributed by atoms with Crippen LogP contribution in [0.3, 0.4) is 0 Å². The van der Waals surface area contributed by atoms with Crippen LogP contribution in [0.15, 0.2) is 24.3 Å². The van der Waals surface area contributed by atoms with E-state index in [9.17, 15) is 9.59 Å². The highest BCUT2D eigenvalue weighted by Crippen LogP contribution is 2.28. The quantitative estimate of drug-likeness (QED) is 0.556. The Morgan fingerprint density at radius 3 is 2.65 bits per heavy atom. The van der Waals surface area contributed by atoms with Gasteiger partial charge in [0.05, 0.1) is 13.7 Å². The Hall–Kier alpha value is -2.28. The van der Waals surface area contributed by atoms with E-state index in [4.69, 9.17) is 9.47 Å². The van der Waals surface area contributed by atoms with Gasteiger partial charge in [-0.2, -0.15) is 0 Å². The predicted octanol–water partition coefficient (Wildman–Crippen LogP) is 1.75. The Kier molecular flexibility index (Phi) is 7.26. The minimum absolute atomic E-state index is 0.134. The maximum Gasteiger partial charge on any atom is 0.343 e. The van der Waals surface area contributed by atoms with Crippen LogP contribution in [0.2, 0.25) is 0 Å². The lowest BCUT2D eigenvalue weighted by atomic mass is 9.96. The summed E-state index contributed by atoms with van der Waals surface area (Å²) in [4.78, 5) is 25.9. The molecule has 0 aromatic heterocycles. The van der Waals surface area contributed by atoms with Gasteiger partial charge >= 0.3 is 11.9 Å². The molecule has 1 atom stereocenters. The summed E-state index contributed by atoms with van der Waals surface area (Å²) in [5.41, 5.74) is 0.146. The first-order valence-electron chi connectivity index (χ1n) is 8.96. The lowest BCUT2D eigenvalue weighted by Crippen LogP contribution is -2.64. The molecule has 0 bridgehead atoms. The lowest BCUT2D eigenvalue weighted by Gasteiger charge is -2.44. The molecule has 1 unspecified atom stereocenters. The summed E-state index contributed by atoms with van der Waals surface area (Å²) < 4.78 is 15.4. The second kappa shape index (κ2) is 9.43. The maximum absolute atomic E-state index is 12.7. The third kappa shape index (κ3) is 4.88. The van der Waals surface area contributed by atoms with Gasteiger partial charge in [-0.25, -0.2) is 9.59 Å². The smallest absolute Gasteiger partial charge is 0.343 e. The van der Waals surface area contributed by atoms with Crippen molar-refractivity contribution in [2.45, 2.75) is 32.2 Å². The summed E-state index contributed by atoms with van der Waals surface area (Å²) >= 11 is 0. The van der Waals surface area contributed by atoms with Gasteiger partial charge < -0.3 is 24.4 Å². The molecule has 1 aromatic carbocycles. The molecule has 2 rings (SSSR count). The van der Waals surface area contributed by atoms with Crippen molar-refractivity contribution in [3.05, 3.63) is 24.3 Å². The molecule has 7 nitrogen and oxygen atoms in total. The highest BCUT2D eigenvalue weighted by atomic mass is 16.6. The normalized spacial score (nSPS) is 19.7. The summed E-state index contributed by atoms with van der Waals surface area (Å²) in [6.07, 6.45) is 1.85. The summed E-state index contributed by atoms with van der Waals surface area (Å²) in [5, 5.41) is 3.28. The number of hydrogen-bond donors (Lipinski definition) is 1. The third-order valence-corrected chi connectivity index (χ3v) is 4.48. The number of nitrogens with one attached hydrogen (secondary N) is 1. The topological polar surface area (TPSA) is 77.1 Å². The zero-order valence-electron chi connectivity index (χ0n) is 15.7. The average molecular weight is 364 g/mol. The van der Waals surface area contributed by atoms with Crippen LogP contribution in [0.25, 0.3) is 0 Å². The summed E-state index contributed by atoms with van der Waals surface area (Å²) in [5.74, 6) is -0.0794. The number of unbranched alkanes of at least 4 members (excludes halogenated alkanes) is 1. The summed E-state index contributed by atoms with van der Waals surface area (Å²) in [6.45, 7) is 6.28. The Balaban J connectivity index is 2.08. The van der Waals surface area contributed by atoms with Gasteiger partial charge in [-0.15, -0.1) is 0 Å². The second-order valence-corrected chi connectivity index (χ2v) is 6.45. The number of anilines is 1. The Morgan fingerprint density at radius 1 is 1.27 bits per heavy atom. The van der Waals surface area contributed by atoms with Gasteiger partial charge in [-0.05, 0) is 37.6 Å². The minimum atomic E-state index is -0.764. The Morgan fingerprint density at radius 2 is 2.00 bits per heavy atom. The number of benzene rings is 1. The van der Waals surface area contributed by atoms with E-state index in [0.717, 1.165) is 25.1 Å². The first-order chi connectivity index (χ1) is 12.5. The molecule has 0 radical (unpaired) electrons. The van der Waals surface area contributed by atoms with E-state index in [1.165, 1.54) is 7.11 Å². The van der Waals surface area contributed by atoms with E-state index in [1.54, 1.807) is 12.1 Å². The molecule has 0 saturated carbocycles. The van der Waals surface area contributed by atoms with E-state index in [-0.39, 0.29) is 12.6 Å². The van der Waals surface area contributed by atoms with Crippen molar-refractivity contribution in [1.82, 2.24) is 5.32 Å². The first kappa shape index (κ1) is 20.0. The van der Waals surface area contributed by atoms with Crippen LogP contribution in [0, 0.1) is 0 Å². The second-order valence-electron chi connectivity index (χ2n) is 6.45. The molecule has 26 heavy (non-hydrogen) atoms. The highest BCUT2D eigenvalue weighted by molar-refractivity contribution is 5.85. The Labute approximate surface area is 154 Å². The lowest BCUT2D eigenvalue weighted by molar-refractivity contribution is -0.150. The van der Waals surface area contributed by atoms with E-state index in [1.807, 2.05) is 19.1 Å². The monoisotopic (exact) mass is 364 g/mol. The van der Waals surface area contributed by atoms with Crippen molar-refractivity contribution in [3.63, 3.8) is 0 Å². The standard InChI is InChI=1S/C19H28N2O5/c1-4-5-12-25-18(23)19(2)14-20-10-11-21(19)15-6-8-16(9-7-15)26-13-17(22)24-3/h6-9,20H,4-5,10-14H2,1-3H3. The van der Waals surface area contributed by atoms with E-state index in [0.29, 0.717) is 25.4 Å². The van der Waals surface area contributed by atoms with E-state index in [2.05, 4.69) is 21.9 Å². The first-order valence-corrected chi connectivity index (χ1v) is 8.96. The Bertz CT molecular complexity index is 604. The molecule has 1 fully saturated rings. The van der Waals surface area contributed by atoms with Gasteiger partial charge in [0.1, 0.15) is 11.3 Å². The van der Waals surface area contributed by atoms with Crippen LogP contribution < -0.4 is 15.0 Å². The van der Waals surface area contributed by atoms with Crippen molar-refractivity contribution >= 4 is 17.6 Å². The molecule has 1 N–H and O–H groups in total. The molecule has 1 saturated heterocycles. The molecule has 7 heteroatoms. The number of methoxy groups -OCH3 is 1. The van der Waals surface area contributed by atoms with Gasteiger partial charge in [0.2, 0.25) is 0 Å². The predicted molar refractivity (Wildman–Crippen MR) is 98.4 cm³/mol. The molecule has 0 aliphatic carbocycles. The van der Waals surface area contributed by atoms with Crippen LogP contribution in [0.4, 0.5) is 5.69 Å². The van der Waals surface area contributed by atoms with Crippen molar-refractivity contribution in [1.29, 1.82) is 0 Å². The fourth-order valence-corrected chi connectivity index (χ4v) is 2.85. The fourth-order valence-electron chi connectivity index (χ4n) is 2.85. The number of ether oxygens (including phenoxy) is 3. The number of carbonyl (C=O) groups excluding carboxylic acids is 2. The average Bonchev–Trinajstić information content (AvgIpc) is 2.67. The van der Waals surface area contributed by atoms with Crippen molar-refractivity contribution in [2.75, 3.05) is 44.9 Å². The fraction of sp³-hybridized carbons (Fsp3) is 0.579. The number of piperazine rings is 1. The molecule has 1 heterocycles. The number of esters is 2. The zero-order valence-corrected chi connectivity index (χ0v) is 15.7. The van der Waals surface area contributed by atoms with Gasteiger partial charge in [0, 0.05) is 25.3 Å². The van der Waals surface area contributed by atoms with Crippen LogP contribution in [-0.4, -0.2) is 57.4 Å².